The maximum absolute atomic E-state index is 10.7. The SMILES string of the molecule is COc1ccc(-c2ccc(/C=C(\C#N)C(=O)O)o2)cc1. The zero-order valence-corrected chi connectivity index (χ0v) is 10.7. The van der Waals surface area contributed by atoms with E-state index in [1.165, 1.54) is 6.08 Å². The maximum atomic E-state index is 10.7. The number of nitriles is 1. The van der Waals surface area contributed by atoms with Gasteiger partial charge in [-0.25, -0.2) is 4.79 Å². The van der Waals surface area contributed by atoms with E-state index >= 15 is 0 Å². The van der Waals surface area contributed by atoms with Crippen LogP contribution in [0.3, 0.4) is 0 Å². The standard InChI is InChI=1S/C15H11NO4/c1-19-12-4-2-10(3-5-12)14-7-6-13(20-14)8-11(9-16)15(17)18/h2-8H,1H3,(H,17,18)/b11-8+. The molecule has 1 heterocycles. The van der Waals surface area contributed by atoms with Crippen LogP contribution >= 0.6 is 0 Å². The Labute approximate surface area is 115 Å². The van der Waals surface area contributed by atoms with E-state index < -0.39 is 5.97 Å². The van der Waals surface area contributed by atoms with E-state index in [0.717, 1.165) is 11.3 Å². The van der Waals surface area contributed by atoms with Crippen molar-refractivity contribution >= 4 is 12.0 Å². The zero-order chi connectivity index (χ0) is 14.5. The van der Waals surface area contributed by atoms with E-state index in [-0.39, 0.29) is 5.57 Å². The number of rotatable bonds is 4. The number of benzene rings is 1. The van der Waals surface area contributed by atoms with Gasteiger partial charge in [0.2, 0.25) is 0 Å². The summed E-state index contributed by atoms with van der Waals surface area (Å²) in [4.78, 5) is 10.7. The van der Waals surface area contributed by atoms with Crippen LogP contribution < -0.4 is 4.74 Å². The second-order valence-electron chi connectivity index (χ2n) is 3.91. The molecular formula is C15H11NO4. The van der Waals surface area contributed by atoms with Crippen molar-refractivity contribution < 1.29 is 19.1 Å². The Morgan fingerprint density at radius 1 is 1.30 bits per heavy atom. The predicted octanol–water partition coefficient (Wildman–Crippen LogP) is 2.95. The molecule has 0 spiro atoms. The average Bonchev–Trinajstić information content (AvgIpc) is 2.93. The molecule has 20 heavy (non-hydrogen) atoms. The van der Waals surface area contributed by atoms with Crippen LogP contribution in [0.4, 0.5) is 0 Å². The summed E-state index contributed by atoms with van der Waals surface area (Å²) in [5.74, 6) is 0.351. The van der Waals surface area contributed by atoms with Gasteiger partial charge < -0.3 is 14.3 Å². The molecule has 0 aliphatic heterocycles. The van der Waals surface area contributed by atoms with Crippen molar-refractivity contribution in [1.29, 1.82) is 5.26 Å². The van der Waals surface area contributed by atoms with Crippen LogP contribution in [0.2, 0.25) is 0 Å². The molecule has 0 fully saturated rings. The molecule has 0 aliphatic carbocycles. The van der Waals surface area contributed by atoms with E-state index in [1.54, 1.807) is 37.4 Å². The molecule has 0 unspecified atom stereocenters. The number of carboxylic acid groups (broad SMARTS) is 1. The molecule has 1 N–H and O–H groups in total. The van der Waals surface area contributed by atoms with Gasteiger partial charge in [0.15, 0.2) is 0 Å². The molecule has 0 aliphatic rings. The van der Waals surface area contributed by atoms with Gasteiger partial charge in [-0.15, -0.1) is 0 Å². The van der Waals surface area contributed by atoms with Crippen molar-refractivity contribution in [2.75, 3.05) is 7.11 Å². The first kappa shape index (κ1) is 13.4. The van der Waals surface area contributed by atoms with Gasteiger partial charge in [0.05, 0.1) is 7.11 Å². The van der Waals surface area contributed by atoms with Crippen LogP contribution in [-0.4, -0.2) is 18.2 Å². The lowest BCUT2D eigenvalue weighted by atomic mass is 10.2. The predicted molar refractivity (Wildman–Crippen MR) is 71.9 cm³/mol. The van der Waals surface area contributed by atoms with Crippen molar-refractivity contribution in [3.05, 3.63) is 47.7 Å². The number of carbonyl (C=O) groups is 1. The third-order valence-electron chi connectivity index (χ3n) is 2.64. The summed E-state index contributed by atoms with van der Waals surface area (Å²) < 4.78 is 10.6. The van der Waals surface area contributed by atoms with Gasteiger partial charge in [-0.05, 0) is 36.4 Å². The molecule has 2 rings (SSSR count). The molecule has 5 heteroatoms. The number of methoxy groups -OCH3 is 1. The van der Waals surface area contributed by atoms with E-state index in [4.69, 9.17) is 19.5 Å². The summed E-state index contributed by atoms with van der Waals surface area (Å²) in [7, 11) is 1.58. The second-order valence-corrected chi connectivity index (χ2v) is 3.91. The fourth-order valence-electron chi connectivity index (χ4n) is 1.62. The number of aliphatic carboxylic acids is 1. The van der Waals surface area contributed by atoms with Crippen molar-refractivity contribution in [3.8, 4) is 23.1 Å². The second kappa shape index (κ2) is 5.76. The molecule has 1 aromatic heterocycles. The Bertz CT molecular complexity index is 689. The largest absolute Gasteiger partial charge is 0.497 e. The highest BCUT2D eigenvalue weighted by atomic mass is 16.5. The summed E-state index contributed by atoms with van der Waals surface area (Å²) in [6, 6.07) is 12.2. The number of ether oxygens (including phenoxy) is 1. The minimum Gasteiger partial charge on any atom is -0.497 e. The van der Waals surface area contributed by atoms with Gasteiger partial charge in [-0.3, -0.25) is 0 Å². The number of carboxylic acids is 1. The molecule has 0 saturated heterocycles. The molecule has 0 bridgehead atoms. The monoisotopic (exact) mass is 269 g/mol. The smallest absolute Gasteiger partial charge is 0.346 e. The summed E-state index contributed by atoms with van der Waals surface area (Å²) in [5.41, 5.74) is 0.458. The Morgan fingerprint density at radius 2 is 2.00 bits per heavy atom. The van der Waals surface area contributed by atoms with Crippen LogP contribution in [0, 0.1) is 11.3 Å². The molecular weight excluding hydrogens is 258 g/mol. The van der Waals surface area contributed by atoms with Crippen LogP contribution in [0.1, 0.15) is 5.76 Å². The van der Waals surface area contributed by atoms with E-state index in [9.17, 15) is 4.79 Å². The van der Waals surface area contributed by atoms with E-state index in [0.29, 0.717) is 11.5 Å². The highest BCUT2D eigenvalue weighted by Crippen LogP contribution is 2.25. The van der Waals surface area contributed by atoms with Crippen molar-refractivity contribution in [3.63, 3.8) is 0 Å². The molecule has 0 radical (unpaired) electrons. The van der Waals surface area contributed by atoms with Crippen LogP contribution in [0.5, 0.6) is 5.75 Å². The van der Waals surface area contributed by atoms with Gasteiger partial charge >= 0.3 is 5.97 Å². The Kier molecular flexibility index (Phi) is 3.87. The van der Waals surface area contributed by atoms with Crippen molar-refractivity contribution in [2.24, 2.45) is 0 Å². The molecule has 1 aromatic carbocycles. The lowest BCUT2D eigenvalue weighted by Gasteiger charge is -2.00. The number of nitrogens with zero attached hydrogens (tertiary/aromatic N) is 1. The van der Waals surface area contributed by atoms with Crippen LogP contribution in [-0.2, 0) is 4.79 Å². The molecule has 0 atom stereocenters. The van der Waals surface area contributed by atoms with Gasteiger partial charge in [0.25, 0.3) is 0 Å². The van der Waals surface area contributed by atoms with Crippen molar-refractivity contribution in [1.82, 2.24) is 0 Å². The quantitative estimate of drug-likeness (QED) is 0.681. The Morgan fingerprint density at radius 3 is 2.55 bits per heavy atom. The minimum atomic E-state index is -1.28. The first-order valence-corrected chi connectivity index (χ1v) is 5.73. The van der Waals surface area contributed by atoms with Gasteiger partial charge in [-0.1, -0.05) is 0 Å². The van der Waals surface area contributed by atoms with Gasteiger partial charge in [0.1, 0.15) is 28.9 Å². The first-order chi connectivity index (χ1) is 9.63. The number of hydrogen-bond acceptors (Lipinski definition) is 4. The summed E-state index contributed by atoms with van der Waals surface area (Å²) in [5, 5.41) is 17.5. The van der Waals surface area contributed by atoms with Crippen LogP contribution in [0.25, 0.3) is 17.4 Å². The zero-order valence-electron chi connectivity index (χ0n) is 10.7. The van der Waals surface area contributed by atoms with Gasteiger partial charge in [0, 0.05) is 11.6 Å². The fraction of sp³-hybridized carbons (Fsp3) is 0.0667. The molecule has 0 amide bonds. The number of furan rings is 1. The topological polar surface area (TPSA) is 83.5 Å². The fourth-order valence-corrected chi connectivity index (χ4v) is 1.62. The Balaban J connectivity index is 2.29. The summed E-state index contributed by atoms with van der Waals surface area (Å²) >= 11 is 0. The molecule has 5 nitrogen and oxygen atoms in total. The highest BCUT2D eigenvalue weighted by Gasteiger charge is 2.09. The average molecular weight is 269 g/mol. The molecule has 0 saturated carbocycles. The lowest BCUT2D eigenvalue weighted by Crippen LogP contribution is -1.96. The van der Waals surface area contributed by atoms with Gasteiger partial charge in [-0.2, -0.15) is 5.26 Å². The molecule has 100 valence electrons. The summed E-state index contributed by atoms with van der Waals surface area (Å²) in [6.45, 7) is 0. The number of hydrogen-bond donors (Lipinski definition) is 1. The highest BCUT2D eigenvalue weighted by molar-refractivity contribution is 5.96. The molecule has 2 aromatic rings. The normalized spacial score (nSPS) is 10.9. The first-order valence-electron chi connectivity index (χ1n) is 5.73. The van der Waals surface area contributed by atoms with Crippen LogP contribution in [0.15, 0.2) is 46.4 Å². The third kappa shape index (κ3) is 2.87. The third-order valence-corrected chi connectivity index (χ3v) is 2.64. The lowest BCUT2D eigenvalue weighted by molar-refractivity contribution is -0.132. The van der Waals surface area contributed by atoms with E-state index in [2.05, 4.69) is 0 Å². The Hall–Kier alpha value is -3.00. The minimum absolute atomic E-state index is 0.315. The van der Waals surface area contributed by atoms with Crippen molar-refractivity contribution in [2.45, 2.75) is 0 Å². The summed E-state index contributed by atoms with van der Waals surface area (Å²) in [6.07, 6.45) is 1.19. The van der Waals surface area contributed by atoms with E-state index in [1.807, 2.05) is 12.1 Å². The maximum Gasteiger partial charge on any atom is 0.346 e.